The Bertz CT molecular complexity index is 467. The molecule has 116 valence electrons. The number of carbonyl (C=O) groups excluding carboxylic acids is 1. The third kappa shape index (κ3) is 4.46. The molecule has 0 aliphatic carbocycles. The lowest BCUT2D eigenvalue weighted by Crippen LogP contribution is -2.51. The van der Waals surface area contributed by atoms with E-state index in [0.29, 0.717) is 12.5 Å². The van der Waals surface area contributed by atoms with E-state index in [1.807, 2.05) is 29.2 Å². The van der Waals surface area contributed by atoms with Crippen LogP contribution >= 0.6 is 0 Å². The van der Waals surface area contributed by atoms with Gasteiger partial charge in [-0.05, 0) is 37.5 Å². The summed E-state index contributed by atoms with van der Waals surface area (Å²) in [6.45, 7) is 8.20. The molecule has 0 bridgehead atoms. The molecule has 1 aromatic carbocycles. The van der Waals surface area contributed by atoms with Crippen LogP contribution in [0.3, 0.4) is 0 Å². The summed E-state index contributed by atoms with van der Waals surface area (Å²) in [7, 11) is 0. The van der Waals surface area contributed by atoms with Gasteiger partial charge in [0, 0.05) is 44.3 Å². The highest BCUT2D eigenvalue weighted by atomic mass is 16.2. The average molecular weight is 289 g/mol. The Morgan fingerprint density at radius 2 is 2.00 bits per heavy atom. The molecule has 1 heterocycles. The van der Waals surface area contributed by atoms with Crippen molar-refractivity contribution in [2.24, 2.45) is 0 Å². The maximum Gasteiger partial charge on any atom is 0.222 e. The van der Waals surface area contributed by atoms with Crippen LogP contribution in [0.5, 0.6) is 0 Å². The van der Waals surface area contributed by atoms with Crippen molar-refractivity contribution in [1.82, 2.24) is 9.80 Å². The highest BCUT2D eigenvalue weighted by molar-refractivity contribution is 5.76. The predicted molar refractivity (Wildman–Crippen MR) is 87.1 cm³/mol. The minimum absolute atomic E-state index is 0.265. The molecule has 0 aromatic heterocycles. The van der Waals surface area contributed by atoms with Crippen LogP contribution in [0, 0.1) is 0 Å². The molecule has 1 fully saturated rings. The number of benzene rings is 1. The zero-order valence-electron chi connectivity index (χ0n) is 13.2. The quantitative estimate of drug-likeness (QED) is 0.845. The Morgan fingerprint density at radius 3 is 2.62 bits per heavy atom. The van der Waals surface area contributed by atoms with Crippen LogP contribution in [0.4, 0.5) is 5.69 Å². The zero-order chi connectivity index (χ0) is 15.2. The number of anilines is 1. The third-order valence-corrected chi connectivity index (χ3v) is 4.46. The third-order valence-electron chi connectivity index (χ3n) is 4.46. The van der Waals surface area contributed by atoms with Gasteiger partial charge in [-0.3, -0.25) is 9.69 Å². The van der Waals surface area contributed by atoms with E-state index in [0.717, 1.165) is 43.9 Å². The number of amides is 1. The number of aryl methyl sites for hydroxylation is 1. The van der Waals surface area contributed by atoms with Gasteiger partial charge in [0.1, 0.15) is 0 Å². The number of hydrogen-bond donors (Lipinski definition) is 1. The van der Waals surface area contributed by atoms with E-state index in [9.17, 15) is 4.79 Å². The van der Waals surface area contributed by atoms with Gasteiger partial charge >= 0.3 is 0 Å². The fraction of sp³-hybridized carbons (Fsp3) is 0.588. The van der Waals surface area contributed by atoms with Crippen molar-refractivity contribution in [3.05, 3.63) is 29.8 Å². The lowest BCUT2D eigenvalue weighted by molar-refractivity contribution is -0.133. The first kappa shape index (κ1) is 15.8. The number of nitrogens with two attached hydrogens (primary N) is 1. The maximum absolute atomic E-state index is 12.3. The second kappa shape index (κ2) is 7.46. The van der Waals surface area contributed by atoms with E-state index in [4.69, 9.17) is 5.73 Å². The summed E-state index contributed by atoms with van der Waals surface area (Å²) in [6, 6.07) is 8.42. The molecule has 0 radical (unpaired) electrons. The van der Waals surface area contributed by atoms with Crippen LogP contribution in [0.1, 0.15) is 32.3 Å². The standard InChI is InChI=1S/C17H27N3O/c1-3-14(2)19-9-11-20(12-10-19)17(21)8-7-15-5-4-6-16(18)13-15/h4-6,13-14H,3,7-12,18H2,1-2H3. The summed E-state index contributed by atoms with van der Waals surface area (Å²) >= 11 is 0. The van der Waals surface area contributed by atoms with Gasteiger partial charge in [-0.15, -0.1) is 0 Å². The Hall–Kier alpha value is -1.55. The van der Waals surface area contributed by atoms with Gasteiger partial charge in [0.2, 0.25) is 5.91 Å². The summed E-state index contributed by atoms with van der Waals surface area (Å²) in [5.74, 6) is 0.265. The van der Waals surface area contributed by atoms with Crippen LogP contribution in [0.25, 0.3) is 0 Å². The molecule has 2 N–H and O–H groups in total. The van der Waals surface area contributed by atoms with Crippen LogP contribution in [-0.2, 0) is 11.2 Å². The molecule has 1 aliphatic heterocycles. The summed E-state index contributed by atoms with van der Waals surface area (Å²) in [6.07, 6.45) is 2.52. The number of nitrogens with zero attached hydrogens (tertiary/aromatic N) is 2. The van der Waals surface area contributed by atoms with Crippen molar-refractivity contribution in [1.29, 1.82) is 0 Å². The normalized spacial score (nSPS) is 17.7. The van der Waals surface area contributed by atoms with Gasteiger partial charge in [0.05, 0.1) is 0 Å². The molecule has 4 nitrogen and oxygen atoms in total. The first-order chi connectivity index (χ1) is 10.1. The largest absolute Gasteiger partial charge is 0.399 e. The molecule has 0 saturated carbocycles. The minimum Gasteiger partial charge on any atom is -0.399 e. The topological polar surface area (TPSA) is 49.6 Å². The van der Waals surface area contributed by atoms with E-state index in [-0.39, 0.29) is 5.91 Å². The van der Waals surface area contributed by atoms with Crippen LogP contribution in [0.15, 0.2) is 24.3 Å². The SMILES string of the molecule is CCC(C)N1CCN(C(=O)CCc2cccc(N)c2)CC1. The average Bonchev–Trinajstić information content (AvgIpc) is 2.52. The lowest BCUT2D eigenvalue weighted by atomic mass is 10.1. The fourth-order valence-corrected chi connectivity index (χ4v) is 2.83. The molecule has 0 spiro atoms. The summed E-state index contributed by atoms with van der Waals surface area (Å²) in [5, 5.41) is 0. The van der Waals surface area contributed by atoms with Crippen LogP contribution in [-0.4, -0.2) is 47.9 Å². The van der Waals surface area contributed by atoms with Gasteiger partial charge in [0.25, 0.3) is 0 Å². The first-order valence-corrected chi connectivity index (χ1v) is 7.96. The van der Waals surface area contributed by atoms with E-state index in [1.165, 1.54) is 6.42 Å². The van der Waals surface area contributed by atoms with Gasteiger partial charge in [-0.25, -0.2) is 0 Å². The van der Waals surface area contributed by atoms with Crippen molar-refractivity contribution in [2.75, 3.05) is 31.9 Å². The Kier molecular flexibility index (Phi) is 5.62. The first-order valence-electron chi connectivity index (χ1n) is 7.96. The van der Waals surface area contributed by atoms with Crippen molar-refractivity contribution >= 4 is 11.6 Å². The molecule has 1 saturated heterocycles. The van der Waals surface area contributed by atoms with Gasteiger partial charge < -0.3 is 10.6 Å². The number of piperazine rings is 1. The highest BCUT2D eigenvalue weighted by Crippen LogP contribution is 2.12. The molecular weight excluding hydrogens is 262 g/mol. The second-order valence-corrected chi connectivity index (χ2v) is 5.92. The number of hydrogen-bond acceptors (Lipinski definition) is 3. The number of rotatable bonds is 5. The summed E-state index contributed by atoms with van der Waals surface area (Å²) in [5.41, 5.74) is 7.67. The van der Waals surface area contributed by atoms with E-state index in [1.54, 1.807) is 0 Å². The van der Waals surface area contributed by atoms with Crippen molar-refractivity contribution in [2.45, 2.75) is 39.2 Å². The van der Waals surface area contributed by atoms with Crippen molar-refractivity contribution in [3.8, 4) is 0 Å². The second-order valence-electron chi connectivity index (χ2n) is 5.92. The van der Waals surface area contributed by atoms with Gasteiger partial charge in [0.15, 0.2) is 0 Å². The van der Waals surface area contributed by atoms with Crippen molar-refractivity contribution in [3.63, 3.8) is 0 Å². The van der Waals surface area contributed by atoms with E-state index >= 15 is 0 Å². The smallest absolute Gasteiger partial charge is 0.222 e. The number of carbonyl (C=O) groups is 1. The molecule has 2 rings (SSSR count). The Morgan fingerprint density at radius 1 is 1.29 bits per heavy atom. The highest BCUT2D eigenvalue weighted by Gasteiger charge is 2.22. The van der Waals surface area contributed by atoms with Crippen molar-refractivity contribution < 1.29 is 4.79 Å². The predicted octanol–water partition coefficient (Wildman–Crippen LogP) is 2.14. The molecule has 1 aromatic rings. The zero-order valence-corrected chi connectivity index (χ0v) is 13.2. The maximum atomic E-state index is 12.3. The molecule has 1 amide bonds. The van der Waals surface area contributed by atoms with Crippen LogP contribution < -0.4 is 5.73 Å². The Labute approximate surface area is 127 Å². The fourth-order valence-electron chi connectivity index (χ4n) is 2.83. The number of nitrogen functional groups attached to an aromatic ring is 1. The van der Waals surface area contributed by atoms with Gasteiger partial charge in [-0.2, -0.15) is 0 Å². The van der Waals surface area contributed by atoms with E-state index in [2.05, 4.69) is 18.7 Å². The molecule has 4 heteroatoms. The Balaban J connectivity index is 1.77. The van der Waals surface area contributed by atoms with Gasteiger partial charge in [-0.1, -0.05) is 19.1 Å². The molecule has 1 unspecified atom stereocenters. The monoisotopic (exact) mass is 289 g/mol. The molecule has 1 atom stereocenters. The minimum atomic E-state index is 0.265. The molecular formula is C17H27N3O. The molecule has 1 aliphatic rings. The summed E-state index contributed by atoms with van der Waals surface area (Å²) in [4.78, 5) is 16.8. The van der Waals surface area contributed by atoms with Crippen LogP contribution in [0.2, 0.25) is 0 Å². The van der Waals surface area contributed by atoms with E-state index < -0.39 is 0 Å². The molecule has 21 heavy (non-hydrogen) atoms. The lowest BCUT2D eigenvalue weighted by Gasteiger charge is -2.37. The summed E-state index contributed by atoms with van der Waals surface area (Å²) < 4.78 is 0.